The lowest BCUT2D eigenvalue weighted by Gasteiger charge is -2.23. The van der Waals surface area contributed by atoms with Gasteiger partial charge in [-0.15, -0.1) is 0 Å². The number of carbonyl (C=O) groups excluding carboxylic acids is 2. The molecule has 1 aliphatic carbocycles. The van der Waals surface area contributed by atoms with Gasteiger partial charge in [0.05, 0.1) is 23.2 Å². The molecule has 0 spiro atoms. The third-order valence-electron chi connectivity index (χ3n) is 5.40. The van der Waals surface area contributed by atoms with Crippen molar-refractivity contribution in [2.24, 2.45) is 10.8 Å². The zero-order chi connectivity index (χ0) is 28.3. The number of esters is 2. The van der Waals surface area contributed by atoms with Crippen molar-refractivity contribution in [3.63, 3.8) is 0 Å². The van der Waals surface area contributed by atoms with E-state index in [9.17, 15) is 18.5 Å². The number of nitrogens with two attached hydrogens (primary N) is 1. The topological polar surface area (TPSA) is 167 Å². The molecular formula is C23H33FN5O8P. The molecule has 0 fully saturated rings. The number of allylic oxidation sites excluding steroid dienone is 1. The molecule has 2 aromatic rings. The van der Waals surface area contributed by atoms with E-state index in [0.29, 0.717) is 11.2 Å². The van der Waals surface area contributed by atoms with Crippen LogP contribution in [0.2, 0.25) is 0 Å². The number of aromatic nitrogens is 4. The van der Waals surface area contributed by atoms with E-state index >= 15 is 0 Å². The summed E-state index contributed by atoms with van der Waals surface area (Å²) in [6, 6.07) is -0.513. The van der Waals surface area contributed by atoms with Crippen LogP contribution in [-0.4, -0.2) is 57.5 Å². The fraction of sp³-hybridized carbons (Fsp3) is 0.609. The molecule has 0 radical (unpaired) electrons. The first-order valence-electron chi connectivity index (χ1n) is 11.7. The Morgan fingerprint density at radius 2 is 1.63 bits per heavy atom. The molecule has 0 bridgehead atoms. The van der Waals surface area contributed by atoms with Crippen molar-refractivity contribution < 1.29 is 41.8 Å². The first-order chi connectivity index (χ1) is 17.6. The fourth-order valence-corrected chi connectivity index (χ4v) is 4.20. The van der Waals surface area contributed by atoms with E-state index < -0.39 is 68.3 Å². The van der Waals surface area contributed by atoms with Crippen LogP contribution in [0.3, 0.4) is 0 Å². The van der Waals surface area contributed by atoms with Crippen molar-refractivity contribution in [2.45, 2.75) is 60.1 Å². The number of halogens is 1. The molecule has 2 aromatic heterocycles. The Morgan fingerprint density at radius 3 is 2.18 bits per heavy atom. The minimum absolute atomic E-state index is 0.124. The summed E-state index contributed by atoms with van der Waals surface area (Å²) in [6.45, 7) is 8.39. The van der Waals surface area contributed by atoms with Gasteiger partial charge in [0.2, 0.25) is 13.6 Å². The summed E-state index contributed by atoms with van der Waals surface area (Å²) in [5.74, 6) is -1.62. The molecule has 15 heteroatoms. The van der Waals surface area contributed by atoms with E-state index in [2.05, 4.69) is 15.0 Å². The van der Waals surface area contributed by atoms with Gasteiger partial charge in [0, 0.05) is 6.42 Å². The van der Waals surface area contributed by atoms with Crippen molar-refractivity contribution >= 4 is 36.5 Å². The Kier molecular flexibility index (Phi) is 8.92. The molecular weight excluding hydrogens is 524 g/mol. The monoisotopic (exact) mass is 557 g/mol. The highest BCUT2D eigenvalue weighted by molar-refractivity contribution is 7.53. The molecule has 210 valence electrons. The first kappa shape index (κ1) is 29.6. The fourth-order valence-electron chi connectivity index (χ4n) is 3.19. The van der Waals surface area contributed by atoms with Crippen molar-refractivity contribution in [1.29, 1.82) is 0 Å². The molecule has 0 aromatic carbocycles. The highest BCUT2D eigenvalue weighted by Gasteiger charge is 2.35. The zero-order valence-corrected chi connectivity index (χ0v) is 23.1. The van der Waals surface area contributed by atoms with Gasteiger partial charge in [-0.05, 0) is 47.6 Å². The largest absolute Gasteiger partial charge is 0.438 e. The van der Waals surface area contributed by atoms with Crippen LogP contribution >= 0.6 is 7.60 Å². The van der Waals surface area contributed by atoms with Gasteiger partial charge in [0.1, 0.15) is 30.1 Å². The molecule has 1 aliphatic rings. The van der Waals surface area contributed by atoms with Crippen LogP contribution in [0.15, 0.2) is 24.6 Å². The number of imidazole rings is 1. The highest BCUT2D eigenvalue weighted by atomic mass is 31.2. The number of ether oxygens (including phenoxy) is 3. The Morgan fingerprint density at radius 1 is 1.05 bits per heavy atom. The summed E-state index contributed by atoms with van der Waals surface area (Å²) in [5, 5.41) is 0. The van der Waals surface area contributed by atoms with Crippen LogP contribution < -0.4 is 5.73 Å². The summed E-state index contributed by atoms with van der Waals surface area (Å²) in [4.78, 5) is 36.3. The second kappa shape index (κ2) is 11.4. The summed E-state index contributed by atoms with van der Waals surface area (Å²) in [6.07, 6.45) is 2.41. The van der Waals surface area contributed by atoms with Gasteiger partial charge in [0.25, 0.3) is 0 Å². The average molecular weight is 558 g/mol. The van der Waals surface area contributed by atoms with E-state index in [1.807, 2.05) is 0 Å². The minimum atomic E-state index is -4.17. The van der Waals surface area contributed by atoms with Crippen LogP contribution in [0.1, 0.15) is 54.0 Å². The molecule has 2 atom stereocenters. The molecule has 0 saturated carbocycles. The first-order valence-corrected chi connectivity index (χ1v) is 13.5. The lowest BCUT2D eigenvalue weighted by molar-refractivity contribution is -0.162. The van der Waals surface area contributed by atoms with Gasteiger partial charge in [0.15, 0.2) is 11.5 Å². The Balaban J connectivity index is 1.65. The molecule has 38 heavy (non-hydrogen) atoms. The Labute approximate surface area is 219 Å². The summed E-state index contributed by atoms with van der Waals surface area (Å²) >= 11 is 0. The molecule has 1 unspecified atom stereocenters. The highest BCUT2D eigenvalue weighted by Crippen LogP contribution is 2.49. The third-order valence-corrected chi connectivity index (χ3v) is 6.86. The summed E-state index contributed by atoms with van der Waals surface area (Å²) in [5.41, 5.74) is 4.97. The van der Waals surface area contributed by atoms with Gasteiger partial charge in [-0.2, -0.15) is 0 Å². The number of anilines is 1. The maximum Gasteiger partial charge on any atom is 0.361 e. The van der Waals surface area contributed by atoms with Crippen molar-refractivity contribution in [3.05, 3.63) is 24.6 Å². The minimum Gasteiger partial charge on any atom is -0.438 e. The van der Waals surface area contributed by atoms with Crippen LogP contribution in [-0.2, 0) is 37.4 Å². The number of rotatable bonds is 10. The lowest BCUT2D eigenvalue weighted by atomic mass is 9.98. The number of hydrogen-bond acceptors (Lipinski definition) is 12. The van der Waals surface area contributed by atoms with Crippen LogP contribution in [0, 0.1) is 10.8 Å². The average Bonchev–Trinajstić information content (AvgIpc) is 3.40. The predicted octanol–water partition coefficient (Wildman–Crippen LogP) is 3.87. The van der Waals surface area contributed by atoms with E-state index in [0.717, 1.165) is 0 Å². The molecule has 3 rings (SSSR count). The SMILES string of the molecule is CC(C)(C)C(=O)OCOP(=O)(CO[C@H]1CC(n2cnc3c(N)ncnc32)C=C1F)OCOC(=O)C(C)(C)C. The third kappa shape index (κ3) is 7.34. The number of hydrogen-bond donors (Lipinski definition) is 1. The smallest absolute Gasteiger partial charge is 0.361 e. The summed E-state index contributed by atoms with van der Waals surface area (Å²) < 4.78 is 55.7. The van der Waals surface area contributed by atoms with Gasteiger partial charge in [-0.25, -0.2) is 19.3 Å². The van der Waals surface area contributed by atoms with Crippen molar-refractivity contribution in [2.75, 3.05) is 25.7 Å². The molecule has 0 aliphatic heterocycles. The number of nitrogen functional groups attached to an aromatic ring is 1. The standard InChI is InChI=1S/C23H33FN5O8P/c1-22(2,3)20(30)33-11-36-38(32,37-12-34-21(31)23(4,5)6)13-35-16-8-14(7-15(16)24)29-10-28-17-18(25)26-9-27-19(17)29/h7,9-10,14,16H,8,11-13H2,1-6H3,(H2,25,26,27)/t14?,16-/m0/s1. The lowest BCUT2D eigenvalue weighted by Crippen LogP contribution is -2.25. The van der Waals surface area contributed by atoms with E-state index in [1.54, 1.807) is 46.1 Å². The normalized spacial score (nSPS) is 18.4. The van der Waals surface area contributed by atoms with Gasteiger partial charge < -0.3 is 24.5 Å². The second-order valence-electron chi connectivity index (χ2n) is 10.7. The molecule has 13 nitrogen and oxygen atoms in total. The molecule has 0 amide bonds. The zero-order valence-electron chi connectivity index (χ0n) is 22.2. The number of carbonyl (C=O) groups is 2. The van der Waals surface area contributed by atoms with Crippen LogP contribution in [0.4, 0.5) is 10.2 Å². The second-order valence-corrected chi connectivity index (χ2v) is 12.7. The molecule has 0 saturated heterocycles. The summed E-state index contributed by atoms with van der Waals surface area (Å²) in [7, 11) is -4.17. The molecule has 2 N–H and O–H groups in total. The van der Waals surface area contributed by atoms with Crippen LogP contribution in [0.25, 0.3) is 11.2 Å². The van der Waals surface area contributed by atoms with Gasteiger partial charge in [-0.3, -0.25) is 23.2 Å². The Hall–Kier alpha value is -2.93. The van der Waals surface area contributed by atoms with Crippen molar-refractivity contribution in [1.82, 2.24) is 19.5 Å². The predicted molar refractivity (Wildman–Crippen MR) is 133 cm³/mol. The maximum atomic E-state index is 14.8. The Bertz CT molecular complexity index is 1220. The van der Waals surface area contributed by atoms with E-state index in [1.165, 1.54) is 18.7 Å². The number of nitrogens with zero attached hydrogens (tertiary/aromatic N) is 4. The van der Waals surface area contributed by atoms with Crippen LogP contribution in [0.5, 0.6) is 0 Å². The molecule has 2 heterocycles. The van der Waals surface area contributed by atoms with E-state index in [4.69, 9.17) is 29.0 Å². The number of fused-ring (bicyclic) bond motifs is 1. The van der Waals surface area contributed by atoms with E-state index in [-0.39, 0.29) is 12.2 Å². The van der Waals surface area contributed by atoms with Gasteiger partial charge >= 0.3 is 19.5 Å². The van der Waals surface area contributed by atoms with Gasteiger partial charge in [-0.1, -0.05) is 0 Å². The van der Waals surface area contributed by atoms with Crippen molar-refractivity contribution in [3.8, 4) is 0 Å². The maximum absolute atomic E-state index is 14.8. The quantitative estimate of drug-likeness (QED) is 0.255.